The normalized spacial score (nSPS) is 10.9. The molecule has 2 aromatic carbocycles. The van der Waals surface area contributed by atoms with E-state index in [1.807, 2.05) is 0 Å². The fraction of sp³-hybridized carbons (Fsp3) is 0.0714. The number of rotatable bonds is 2. The molecule has 1 aromatic heterocycles. The number of hydrogen-bond acceptors (Lipinski definition) is 3. The summed E-state index contributed by atoms with van der Waals surface area (Å²) in [4.78, 5) is 4.24. The monoisotopic (exact) mass is 291 g/mol. The van der Waals surface area contributed by atoms with Crippen molar-refractivity contribution in [2.75, 3.05) is 12.8 Å². The summed E-state index contributed by atoms with van der Waals surface area (Å²) in [6.07, 6.45) is 0. The predicted octanol–water partition coefficient (Wildman–Crippen LogP) is 3.41. The van der Waals surface area contributed by atoms with Gasteiger partial charge in [0.1, 0.15) is 17.1 Å². The largest absolute Gasteiger partial charge is 0.494 e. The second-order valence-corrected chi connectivity index (χ2v) is 4.67. The molecule has 0 unspecified atom stereocenters. The van der Waals surface area contributed by atoms with E-state index in [4.69, 9.17) is 22.1 Å². The van der Waals surface area contributed by atoms with E-state index in [0.717, 1.165) is 0 Å². The minimum Gasteiger partial charge on any atom is -0.494 e. The summed E-state index contributed by atoms with van der Waals surface area (Å²) >= 11 is 5.93. The van der Waals surface area contributed by atoms with E-state index in [0.29, 0.717) is 21.8 Å². The number of hydrogen-bond donors (Lipinski definition) is 1. The number of nitrogens with zero attached hydrogens (tertiary/aromatic N) is 2. The van der Waals surface area contributed by atoms with Crippen LogP contribution in [-0.2, 0) is 0 Å². The molecule has 0 atom stereocenters. The van der Waals surface area contributed by atoms with Gasteiger partial charge in [0, 0.05) is 5.02 Å². The van der Waals surface area contributed by atoms with Crippen molar-refractivity contribution in [2.24, 2.45) is 0 Å². The maximum atomic E-state index is 14.0. The SMILES string of the molecule is COc1cccc2c1nc(N)n2-c1cc(Cl)ccc1F. The Morgan fingerprint density at radius 3 is 2.85 bits per heavy atom. The molecule has 6 heteroatoms. The molecular weight excluding hydrogens is 281 g/mol. The summed E-state index contributed by atoms with van der Waals surface area (Å²) in [5, 5.41) is 0.422. The maximum absolute atomic E-state index is 14.0. The zero-order chi connectivity index (χ0) is 14.3. The Morgan fingerprint density at radius 1 is 1.30 bits per heavy atom. The molecule has 0 spiro atoms. The highest BCUT2D eigenvalue weighted by molar-refractivity contribution is 6.30. The number of nitrogen functional groups attached to an aromatic ring is 1. The van der Waals surface area contributed by atoms with Crippen molar-refractivity contribution in [2.45, 2.75) is 0 Å². The van der Waals surface area contributed by atoms with E-state index >= 15 is 0 Å². The van der Waals surface area contributed by atoms with Crippen LogP contribution in [0.25, 0.3) is 16.7 Å². The second-order valence-electron chi connectivity index (χ2n) is 4.23. The molecule has 0 aliphatic rings. The smallest absolute Gasteiger partial charge is 0.206 e. The van der Waals surface area contributed by atoms with Crippen molar-refractivity contribution >= 4 is 28.6 Å². The van der Waals surface area contributed by atoms with Gasteiger partial charge in [-0.1, -0.05) is 17.7 Å². The van der Waals surface area contributed by atoms with Gasteiger partial charge in [0.2, 0.25) is 5.95 Å². The third kappa shape index (κ3) is 1.87. The maximum Gasteiger partial charge on any atom is 0.206 e. The van der Waals surface area contributed by atoms with Crippen molar-refractivity contribution in [1.82, 2.24) is 9.55 Å². The molecule has 0 saturated heterocycles. The lowest BCUT2D eigenvalue weighted by atomic mass is 10.2. The minimum absolute atomic E-state index is 0.172. The van der Waals surface area contributed by atoms with Crippen molar-refractivity contribution in [3.8, 4) is 11.4 Å². The van der Waals surface area contributed by atoms with Crippen molar-refractivity contribution < 1.29 is 9.13 Å². The first-order valence-electron chi connectivity index (χ1n) is 5.88. The van der Waals surface area contributed by atoms with Gasteiger partial charge in [-0.2, -0.15) is 0 Å². The Hall–Kier alpha value is -2.27. The number of aromatic nitrogens is 2. The van der Waals surface area contributed by atoms with Gasteiger partial charge in [0.25, 0.3) is 0 Å². The molecule has 0 radical (unpaired) electrons. The number of halogens is 2. The van der Waals surface area contributed by atoms with Crippen LogP contribution >= 0.6 is 11.6 Å². The van der Waals surface area contributed by atoms with Gasteiger partial charge in [0.05, 0.1) is 18.3 Å². The number of fused-ring (bicyclic) bond motifs is 1. The Balaban J connectivity index is 2.37. The molecule has 4 nitrogen and oxygen atoms in total. The highest BCUT2D eigenvalue weighted by Gasteiger charge is 2.16. The van der Waals surface area contributed by atoms with E-state index in [9.17, 15) is 4.39 Å². The molecule has 0 aliphatic carbocycles. The van der Waals surface area contributed by atoms with Crippen molar-refractivity contribution in [3.05, 3.63) is 47.2 Å². The molecule has 0 saturated carbocycles. The number of anilines is 1. The highest BCUT2D eigenvalue weighted by atomic mass is 35.5. The topological polar surface area (TPSA) is 53.1 Å². The Kier molecular flexibility index (Phi) is 2.99. The van der Waals surface area contributed by atoms with Crippen LogP contribution in [0, 0.1) is 5.82 Å². The van der Waals surface area contributed by atoms with Crippen LogP contribution in [0.3, 0.4) is 0 Å². The first kappa shape index (κ1) is 12.7. The first-order chi connectivity index (χ1) is 9.61. The van der Waals surface area contributed by atoms with Crippen LogP contribution in [0.15, 0.2) is 36.4 Å². The van der Waals surface area contributed by atoms with Gasteiger partial charge in [0.15, 0.2) is 0 Å². The molecule has 20 heavy (non-hydrogen) atoms. The zero-order valence-electron chi connectivity index (χ0n) is 10.6. The molecule has 0 aliphatic heterocycles. The summed E-state index contributed by atoms with van der Waals surface area (Å²) in [6, 6.07) is 9.64. The van der Waals surface area contributed by atoms with Crippen LogP contribution < -0.4 is 10.5 Å². The van der Waals surface area contributed by atoms with Crippen LogP contribution in [0.5, 0.6) is 5.75 Å². The number of ether oxygens (including phenoxy) is 1. The molecule has 3 aromatic rings. The van der Waals surface area contributed by atoms with E-state index in [-0.39, 0.29) is 11.6 Å². The lowest BCUT2D eigenvalue weighted by molar-refractivity contribution is 0.419. The summed E-state index contributed by atoms with van der Waals surface area (Å²) < 4.78 is 20.8. The summed E-state index contributed by atoms with van der Waals surface area (Å²) in [6.45, 7) is 0. The predicted molar refractivity (Wildman–Crippen MR) is 77.0 cm³/mol. The van der Waals surface area contributed by atoms with E-state index in [1.165, 1.54) is 22.8 Å². The fourth-order valence-corrected chi connectivity index (χ4v) is 2.33. The Morgan fingerprint density at radius 2 is 2.10 bits per heavy atom. The molecule has 3 rings (SSSR count). The van der Waals surface area contributed by atoms with Crippen LogP contribution in [-0.4, -0.2) is 16.7 Å². The van der Waals surface area contributed by atoms with Gasteiger partial charge >= 0.3 is 0 Å². The molecule has 2 N–H and O–H groups in total. The van der Waals surface area contributed by atoms with Crippen LogP contribution in [0.2, 0.25) is 5.02 Å². The lowest BCUT2D eigenvalue weighted by Crippen LogP contribution is -2.02. The van der Waals surface area contributed by atoms with Crippen LogP contribution in [0.4, 0.5) is 10.3 Å². The number of para-hydroxylation sites is 1. The number of benzene rings is 2. The fourth-order valence-electron chi connectivity index (χ4n) is 2.17. The molecule has 1 heterocycles. The molecule has 0 fully saturated rings. The van der Waals surface area contributed by atoms with Gasteiger partial charge in [-0.05, 0) is 30.3 Å². The van der Waals surface area contributed by atoms with Crippen LogP contribution in [0.1, 0.15) is 0 Å². The van der Waals surface area contributed by atoms with E-state index in [2.05, 4.69) is 4.98 Å². The molecule has 102 valence electrons. The van der Waals surface area contributed by atoms with Gasteiger partial charge in [-0.15, -0.1) is 0 Å². The number of methoxy groups -OCH3 is 1. The first-order valence-corrected chi connectivity index (χ1v) is 6.26. The van der Waals surface area contributed by atoms with E-state index < -0.39 is 5.82 Å². The Bertz CT molecular complexity index is 800. The quantitative estimate of drug-likeness (QED) is 0.787. The lowest BCUT2D eigenvalue weighted by Gasteiger charge is -2.08. The van der Waals surface area contributed by atoms with Gasteiger partial charge < -0.3 is 10.5 Å². The average Bonchev–Trinajstić information content (AvgIpc) is 2.77. The summed E-state index contributed by atoms with van der Waals surface area (Å²) in [7, 11) is 1.55. The third-order valence-corrected chi connectivity index (χ3v) is 3.28. The molecule has 0 bridgehead atoms. The average molecular weight is 292 g/mol. The highest BCUT2D eigenvalue weighted by Crippen LogP contribution is 2.31. The standard InChI is InChI=1S/C14H11ClFN3O/c1-20-12-4-2-3-10-13(12)18-14(17)19(10)11-7-8(15)5-6-9(11)16/h2-7H,1H3,(H2,17,18). The van der Waals surface area contributed by atoms with E-state index in [1.54, 1.807) is 25.3 Å². The van der Waals surface area contributed by atoms with Crippen molar-refractivity contribution in [3.63, 3.8) is 0 Å². The minimum atomic E-state index is -0.428. The van der Waals surface area contributed by atoms with Gasteiger partial charge in [-0.3, -0.25) is 4.57 Å². The number of imidazole rings is 1. The van der Waals surface area contributed by atoms with Gasteiger partial charge in [-0.25, -0.2) is 9.37 Å². The summed E-state index contributed by atoms with van der Waals surface area (Å²) in [5.41, 5.74) is 7.40. The molecular formula is C14H11ClFN3O. The second kappa shape index (κ2) is 4.68. The molecule has 0 amide bonds. The third-order valence-electron chi connectivity index (χ3n) is 3.04. The van der Waals surface area contributed by atoms with Crippen molar-refractivity contribution in [1.29, 1.82) is 0 Å². The number of nitrogens with two attached hydrogens (primary N) is 1. The Labute approximate surface area is 119 Å². The summed E-state index contributed by atoms with van der Waals surface area (Å²) in [5.74, 6) is 0.323. The zero-order valence-corrected chi connectivity index (χ0v) is 11.4.